The molecule has 10 heavy (non-hydrogen) atoms. The van der Waals surface area contributed by atoms with E-state index in [-0.39, 0.29) is 0 Å². The highest BCUT2D eigenvalue weighted by Gasteiger charge is 1.93. The molecule has 1 rings (SSSR count). The zero-order valence-electron chi connectivity index (χ0n) is 5.71. The second-order valence-electron chi connectivity index (χ2n) is 1.74. The molecule has 0 amide bonds. The number of rotatable bonds is 1. The van der Waals surface area contributed by atoms with E-state index in [2.05, 4.69) is 15.2 Å². The molecule has 1 aromatic heterocycles. The summed E-state index contributed by atoms with van der Waals surface area (Å²) in [6, 6.07) is 0. The molecule has 0 aliphatic heterocycles. The summed E-state index contributed by atoms with van der Waals surface area (Å²) in [5.41, 5.74) is 0.771. The van der Waals surface area contributed by atoms with Crippen LogP contribution >= 0.6 is 24.0 Å². The SMILES string of the molecule is CSc1nc(=S)c(C)n[nH]1. The maximum Gasteiger partial charge on any atom is 0.182 e. The van der Waals surface area contributed by atoms with Crippen LogP contribution in [0.4, 0.5) is 0 Å². The lowest BCUT2D eigenvalue weighted by molar-refractivity contribution is 0.806. The van der Waals surface area contributed by atoms with Crippen molar-refractivity contribution in [2.75, 3.05) is 6.26 Å². The van der Waals surface area contributed by atoms with Crippen LogP contribution in [0.5, 0.6) is 0 Å². The van der Waals surface area contributed by atoms with E-state index in [1.165, 1.54) is 11.8 Å². The highest BCUT2D eigenvalue weighted by molar-refractivity contribution is 7.98. The highest BCUT2D eigenvalue weighted by Crippen LogP contribution is 2.05. The Bertz CT molecular complexity index is 280. The molecule has 0 atom stereocenters. The summed E-state index contributed by atoms with van der Waals surface area (Å²) >= 11 is 6.40. The Morgan fingerprint density at radius 3 is 2.80 bits per heavy atom. The first kappa shape index (κ1) is 7.68. The lowest BCUT2D eigenvalue weighted by Crippen LogP contribution is -1.93. The molecule has 0 saturated carbocycles. The quantitative estimate of drug-likeness (QED) is 0.517. The van der Waals surface area contributed by atoms with Crippen LogP contribution < -0.4 is 0 Å². The Balaban J connectivity index is 3.17. The third kappa shape index (κ3) is 1.54. The van der Waals surface area contributed by atoms with Gasteiger partial charge in [0.25, 0.3) is 0 Å². The zero-order chi connectivity index (χ0) is 7.56. The molecule has 0 saturated heterocycles. The van der Waals surface area contributed by atoms with Gasteiger partial charge in [0.15, 0.2) is 9.80 Å². The first-order valence-corrected chi connectivity index (χ1v) is 4.34. The van der Waals surface area contributed by atoms with E-state index >= 15 is 0 Å². The standard InChI is InChI=1S/C5H7N3S2/c1-3-4(9)6-5(10-2)8-7-3/h1-2H3,(H,6,8,9). The van der Waals surface area contributed by atoms with Gasteiger partial charge in [0.05, 0.1) is 5.69 Å². The average molecular weight is 173 g/mol. The summed E-state index contributed by atoms with van der Waals surface area (Å²) in [5.74, 6) is 0. The molecule has 0 unspecified atom stereocenters. The monoisotopic (exact) mass is 173 g/mol. The van der Waals surface area contributed by atoms with Crippen LogP contribution in [0.25, 0.3) is 0 Å². The summed E-state index contributed by atoms with van der Waals surface area (Å²) in [7, 11) is 0. The molecule has 0 spiro atoms. The van der Waals surface area contributed by atoms with Crippen molar-refractivity contribution in [1.82, 2.24) is 15.2 Å². The molecule has 5 heteroatoms. The predicted molar refractivity (Wildman–Crippen MR) is 43.7 cm³/mol. The topological polar surface area (TPSA) is 41.6 Å². The van der Waals surface area contributed by atoms with Crippen LogP contribution in [-0.2, 0) is 0 Å². The zero-order valence-corrected chi connectivity index (χ0v) is 7.34. The van der Waals surface area contributed by atoms with Crippen molar-refractivity contribution in [3.8, 4) is 0 Å². The minimum Gasteiger partial charge on any atom is -0.255 e. The van der Waals surface area contributed by atoms with Gasteiger partial charge in [-0.3, -0.25) is 5.10 Å². The van der Waals surface area contributed by atoms with Gasteiger partial charge in [-0.25, -0.2) is 4.98 Å². The highest BCUT2D eigenvalue weighted by atomic mass is 32.2. The van der Waals surface area contributed by atoms with Gasteiger partial charge in [0.2, 0.25) is 0 Å². The van der Waals surface area contributed by atoms with E-state index in [0.717, 1.165) is 10.9 Å². The Labute approximate surface area is 68.3 Å². The van der Waals surface area contributed by atoms with Crippen molar-refractivity contribution >= 4 is 24.0 Å². The number of aromatic nitrogens is 3. The molecular weight excluding hydrogens is 166 g/mol. The summed E-state index contributed by atoms with van der Waals surface area (Å²) in [6.45, 7) is 1.83. The molecular formula is C5H7N3S2. The summed E-state index contributed by atoms with van der Waals surface area (Å²) in [6.07, 6.45) is 1.92. The van der Waals surface area contributed by atoms with Crippen molar-refractivity contribution in [2.24, 2.45) is 0 Å². The van der Waals surface area contributed by atoms with Crippen molar-refractivity contribution < 1.29 is 0 Å². The van der Waals surface area contributed by atoms with Crippen molar-refractivity contribution in [1.29, 1.82) is 0 Å². The summed E-state index contributed by atoms with van der Waals surface area (Å²) in [4.78, 5) is 4.05. The molecule has 3 nitrogen and oxygen atoms in total. The normalized spacial score (nSPS) is 9.80. The number of hydrogen-bond acceptors (Lipinski definition) is 4. The average Bonchev–Trinajstić information content (AvgIpc) is 1.95. The number of nitrogens with one attached hydrogen (secondary N) is 1. The molecule has 1 N–H and O–H groups in total. The summed E-state index contributed by atoms with van der Waals surface area (Å²) in [5, 5.41) is 7.46. The van der Waals surface area contributed by atoms with Crippen LogP contribution in [0.1, 0.15) is 5.69 Å². The summed E-state index contributed by atoms with van der Waals surface area (Å²) < 4.78 is 0.572. The van der Waals surface area contributed by atoms with Gasteiger partial charge in [-0.05, 0) is 13.2 Å². The maximum absolute atomic E-state index is 4.90. The molecule has 0 radical (unpaired) electrons. The van der Waals surface area contributed by atoms with E-state index in [1.54, 1.807) is 0 Å². The van der Waals surface area contributed by atoms with Gasteiger partial charge in [0, 0.05) is 0 Å². The van der Waals surface area contributed by atoms with E-state index in [9.17, 15) is 0 Å². The first-order chi connectivity index (χ1) is 4.74. The van der Waals surface area contributed by atoms with E-state index in [4.69, 9.17) is 12.2 Å². The van der Waals surface area contributed by atoms with Crippen LogP contribution in [0.15, 0.2) is 5.16 Å². The number of thioether (sulfide) groups is 1. The minimum absolute atomic E-state index is 0.572. The van der Waals surface area contributed by atoms with Crippen molar-refractivity contribution in [3.63, 3.8) is 0 Å². The van der Waals surface area contributed by atoms with Gasteiger partial charge in [0.1, 0.15) is 0 Å². The lowest BCUT2D eigenvalue weighted by atomic mass is 10.6. The minimum atomic E-state index is 0.572. The predicted octanol–water partition coefficient (Wildman–Crippen LogP) is 1.56. The Morgan fingerprint density at radius 1 is 1.60 bits per heavy atom. The number of nitrogens with zero attached hydrogens (tertiary/aromatic N) is 2. The maximum atomic E-state index is 4.90. The second-order valence-corrected chi connectivity index (χ2v) is 2.92. The Kier molecular flexibility index (Phi) is 2.39. The molecule has 0 fully saturated rings. The van der Waals surface area contributed by atoms with Crippen LogP contribution in [-0.4, -0.2) is 21.4 Å². The molecule has 0 aromatic carbocycles. The van der Waals surface area contributed by atoms with Crippen LogP contribution in [0, 0.1) is 11.6 Å². The van der Waals surface area contributed by atoms with Gasteiger partial charge in [-0.1, -0.05) is 24.0 Å². The molecule has 1 heterocycles. The van der Waals surface area contributed by atoms with E-state index in [0.29, 0.717) is 4.64 Å². The van der Waals surface area contributed by atoms with E-state index < -0.39 is 0 Å². The van der Waals surface area contributed by atoms with Crippen molar-refractivity contribution in [2.45, 2.75) is 12.1 Å². The van der Waals surface area contributed by atoms with Crippen LogP contribution in [0.2, 0.25) is 0 Å². The van der Waals surface area contributed by atoms with Gasteiger partial charge in [-0.15, -0.1) is 0 Å². The fraction of sp³-hybridized carbons (Fsp3) is 0.400. The molecule has 0 aliphatic carbocycles. The lowest BCUT2D eigenvalue weighted by Gasteiger charge is -1.94. The molecule has 0 aliphatic rings. The van der Waals surface area contributed by atoms with E-state index in [1.807, 2.05) is 13.2 Å². The van der Waals surface area contributed by atoms with Crippen molar-refractivity contribution in [3.05, 3.63) is 10.3 Å². The first-order valence-electron chi connectivity index (χ1n) is 2.71. The van der Waals surface area contributed by atoms with Gasteiger partial charge < -0.3 is 0 Å². The third-order valence-electron chi connectivity index (χ3n) is 1.03. The molecule has 0 bridgehead atoms. The number of hydrogen-bond donors (Lipinski definition) is 1. The molecule has 54 valence electrons. The van der Waals surface area contributed by atoms with Gasteiger partial charge >= 0.3 is 0 Å². The molecule has 1 aromatic rings. The Morgan fingerprint density at radius 2 is 2.30 bits per heavy atom. The fourth-order valence-electron chi connectivity index (χ4n) is 0.469. The number of aryl methyl sites for hydroxylation is 1. The number of H-pyrrole nitrogens is 1. The Hall–Kier alpha value is -0.420. The smallest absolute Gasteiger partial charge is 0.182 e. The third-order valence-corrected chi connectivity index (χ3v) is 1.98. The van der Waals surface area contributed by atoms with Crippen LogP contribution in [0.3, 0.4) is 0 Å². The largest absolute Gasteiger partial charge is 0.255 e. The van der Waals surface area contributed by atoms with Gasteiger partial charge in [-0.2, -0.15) is 5.10 Å². The number of aromatic amines is 1. The fourth-order valence-corrected chi connectivity index (χ4v) is 0.983. The second kappa shape index (κ2) is 3.12.